The molecule has 4 heteroatoms. The minimum Gasteiger partial charge on any atom is -0.368 e. The van der Waals surface area contributed by atoms with E-state index in [0.29, 0.717) is 11.5 Å². The molecule has 0 spiro atoms. The summed E-state index contributed by atoms with van der Waals surface area (Å²) in [5.41, 5.74) is 0.594. The summed E-state index contributed by atoms with van der Waals surface area (Å²) < 4.78 is 1.52. The van der Waals surface area contributed by atoms with E-state index in [4.69, 9.17) is 0 Å². The minimum atomic E-state index is -0.0660. The van der Waals surface area contributed by atoms with Gasteiger partial charge in [-0.25, -0.2) is 4.98 Å². The molecule has 0 saturated heterocycles. The van der Waals surface area contributed by atoms with Gasteiger partial charge in [-0.1, -0.05) is 6.07 Å². The first-order chi connectivity index (χ1) is 7.16. The predicted octanol–water partition coefficient (Wildman–Crippen LogP) is 1.51. The fourth-order valence-electron chi connectivity index (χ4n) is 1.42. The highest BCUT2D eigenvalue weighted by Gasteiger charge is 2.01. The molecule has 0 aliphatic rings. The Bertz CT molecular complexity index is 531. The molecule has 2 heterocycles. The molecule has 0 aromatic carbocycles. The van der Waals surface area contributed by atoms with Gasteiger partial charge in [-0.15, -0.1) is 0 Å². The Morgan fingerprint density at radius 1 is 1.40 bits per heavy atom. The van der Waals surface area contributed by atoms with Gasteiger partial charge in [0.2, 0.25) is 0 Å². The number of rotatable bonds is 2. The van der Waals surface area contributed by atoms with Crippen LogP contribution in [0.4, 0.5) is 5.82 Å². The smallest absolute Gasteiger partial charge is 0.259 e. The van der Waals surface area contributed by atoms with E-state index >= 15 is 0 Å². The van der Waals surface area contributed by atoms with Crippen molar-refractivity contribution in [1.29, 1.82) is 0 Å². The van der Waals surface area contributed by atoms with Crippen molar-refractivity contribution in [1.82, 2.24) is 9.38 Å². The zero-order chi connectivity index (χ0) is 10.8. The molecule has 15 heavy (non-hydrogen) atoms. The van der Waals surface area contributed by atoms with Crippen LogP contribution >= 0.6 is 0 Å². The molecule has 0 fully saturated rings. The van der Waals surface area contributed by atoms with Crippen LogP contribution in [0.1, 0.15) is 13.8 Å². The molecule has 2 aromatic rings. The summed E-state index contributed by atoms with van der Waals surface area (Å²) in [7, 11) is 0. The van der Waals surface area contributed by atoms with Gasteiger partial charge < -0.3 is 5.32 Å². The summed E-state index contributed by atoms with van der Waals surface area (Å²) in [4.78, 5) is 16.0. The van der Waals surface area contributed by atoms with E-state index in [9.17, 15) is 4.79 Å². The van der Waals surface area contributed by atoms with E-state index < -0.39 is 0 Å². The molecule has 0 radical (unpaired) electrons. The number of hydrogen-bond donors (Lipinski definition) is 1. The molecule has 0 aliphatic heterocycles. The quantitative estimate of drug-likeness (QED) is 0.804. The van der Waals surface area contributed by atoms with Crippen molar-refractivity contribution in [3.63, 3.8) is 0 Å². The third-order valence-electron chi connectivity index (χ3n) is 2.01. The van der Waals surface area contributed by atoms with Crippen LogP contribution in [0.3, 0.4) is 0 Å². The summed E-state index contributed by atoms with van der Waals surface area (Å²) in [5.74, 6) is 0.626. The Kier molecular flexibility index (Phi) is 2.41. The third-order valence-corrected chi connectivity index (χ3v) is 2.01. The molecule has 0 aliphatic carbocycles. The molecule has 2 rings (SSSR count). The second-order valence-electron chi connectivity index (χ2n) is 3.71. The second-order valence-corrected chi connectivity index (χ2v) is 3.71. The lowest BCUT2D eigenvalue weighted by Gasteiger charge is -2.09. The lowest BCUT2D eigenvalue weighted by atomic mass is 10.4. The second kappa shape index (κ2) is 3.73. The van der Waals surface area contributed by atoms with Gasteiger partial charge in [0.25, 0.3) is 5.56 Å². The molecule has 0 unspecified atom stereocenters. The van der Waals surface area contributed by atoms with Crippen LogP contribution in [0.15, 0.2) is 35.3 Å². The number of nitrogens with zero attached hydrogens (tertiary/aromatic N) is 2. The standard InChI is InChI=1S/C11H13N3O/c1-8(2)12-9-7-11(15)14-6-4-3-5-10(14)13-9/h3-8,12H,1-2H3. The Morgan fingerprint density at radius 2 is 2.20 bits per heavy atom. The van der Waals surface area contributed by atoms with Gasteiger partial charge >= 0.3 is 0 Å². The third kappa shape index (κ3) is 1.98. The van der Waals surface area contributed by atoms with E-state index in [-0.39, 0.29) is 11.6 Å². The van der Waals surface area contributed by atoms with E-state index in [2.05, 4.69) is 10.3 Å². The summed E-state index contributed by atoms with van der Waals surface area (Å²) in [6.07, 6.45) is 1.71. The van der Waals surface area contributed by atoms with Crippen molar-refractivity contribution < 1.29 is 0 Å². The molecule has 0 saturated carbocycles. The Balaban J connectivity index is 2.57. The van der Waals surface area contributed by atoms with Crippen LogP contribution < -0.4 is 10.9 Å². The van der Waals surface area contributed by atoms with Crippen LogP contribution in [0, 0.1) is 0 Å². The molecular formula is C11H13N3O. The molecule has 0 atom stereocenters. The summed E-state index contributed by atoms with van der Waals surface area (Å²) >= 11 is 0. The molecule has 2 aromatic heterocycles. The Labute approximate surface area is 87.6 Å². The highest BCUT2D eigenvalue weighted by molar-refractivity contribution is 5.46. The zero-order valence-corrected chi connectivity index (χ0v) is 8.77. The normalized spacial score (nSPS) is 10.9. The number of anilines is 1. The first-order valence-electron chi connectivity index (χ1n) is 4.92. The van der Waals surface area contributed by atoms with Crippen LogP contribution in [0.2, 0.25) is 0 Å². The average Bonchev–Trinajstić information content (AvgIpc) is 2.16. The Morgan fingerprint density at radius 3 is 2.93 bits per heavy atom. The number of nitrogens with one attached hydrogen (secondary N) is 1. The predicted molar refractivity (Wildman–Crippen MR) is 60.2 cm³/mol. The van der Waals surface area contributed by atoms with Crippen LogP contribution in [-0.2, 0) is 0 Å². The van der Waals surface area contributed by atoms with E-state index in [0.717, 1.165) is 0 Å². The van der Waals surface area contributed by atoms with Gasteiger partial charge in [0, 0.05) is 18.3 Å². The van der Waals surface area contributed by atoms with Crippen molar-refractivity contribution in [3.05, 3.63) is 40.8 Å². The molecular weight excluding hydrogens is 190 g/mol. The lowest BCUT2D eigenvalue weighted by molar-refractivity contribution is 0.884. The fourth-order valence-corrected chi connectivity index (χ4v) is 1.42. The van der Waals surface area contributed by atoms with Gasteiger partial charge in [0.05, 0.1) is 0 Å². The van der Waals surface area contributed by atoms with Gasteiger partial charge in [-0.05, 0) is 26.0 Å². The number of hydrogen-bond acceptors (Lipinski definition) is 3. The van der Waals surface area contributed by atoms with Gasteiger partial charge in [-0.2, -0.15) is 0 Å². The van der Waals surface area contributed by atoms with Crippen LogP contribution in [0.25, 0.3) is 5.65 Å². The number of pyridine rings is 1. The van der Waals surface area contributed by atoms with Crippen molar-refractivity contribution in [2.75, 3.05) is 5.32 Å². The Hall–Kier alpha value is -1.84. The zero-order valence-electron chi connectivity index (χ0n) is 8.77. The molecule has 78 valence electrons. The highest BCUT2D eigenvalue weighted by atomic mass is 16.1. The fraction of sp³-hybridized carbons (Fsp3) is 0.273. The van der Waals surface area contributed by atoms with Gasteiger partial charge in [0.15, 0.2) is 0 Å². The van der Waals surface area contributed by atoms with Crippen LogP contribution in [0.5, 0.6) is 0 Å². The van der Waals surface area contributed by atoms with E-state index in [1.807, 2.05) is 32.0 Å². The summed E-state index contributed by atoms with van der Waals surface area (Å²) in [6, 6.07) is 7.26. The highest BCUT2D eigenvalue weighted by Crippen LogP contribution is 2.04. The van der Waals surface area contributed by atoms with Crippen LogP contribution in [-0.4, -0.2) is 15.4 Å². The van der Waals surface area contributed by atoms with Crippen molar-refractivity contribution >= 4 is 11.5 Å². The van der Waals surface area contributed by atoms with Crippen molar-refractivity contribution in [3.8, 4) is 0 Å². The largest absolute Gasteiger partial charge is 0.368 e. The minimum absolute atomic E-state index is 0.0660. The topological polar surface area (TPSA) is 46.4 Å². The molecule has 0 amide bonds. The monoisotopic (exact) mass is 203 g/mol. The van der Waals surface area contributed by atoms with E-state index in [1.54, 1.807) is 6.20 Å². The van der Waals surface area contributed by atoms with Crippen molar-refractivity contribution in [2.45, 2.75) is 19.9 Å². The van der Waals surface area contributed by atoms with Gasteiger partial charge in [-0.3, -0.25) is 9.20 Å². The summed E-state index contributed by atoms with van der Waals surface area (Å²) in [5, 5.41) is 3.11. The number of fused-ring (bicyclic) bond motifs is 1. The number of aromatic nitrogens is 2. The molecule has 4 nitrogen and oxygen atoms in total. The summed E-state index contributed by atoms with van der Waals surface area (Å²) in [6.45, 7) is 4.02. The maximum atomic E-state index is 11.7. The SMILES string of the molecule is CC(C)Nc1cc(=O)n2ccccc2n1. The maximum Gasteiger partial charge on any atom is 0.259 e. The van der Waals surface area contributed by atoms with Crippen molar-refractivity contribution in [2.24, 2.45) is 0 Å². The first kappa shape index (κ1) is 9.71. The molecule has 1 N–H and O–H groups in total. The average molecular weight is 203 g/mol. The lowest BCUT2D eigenvalue weighted by Crippen LogP contribution is -2.18. The van der Waals surface area contributed by atoms with Gasteiger partial charge in [0.1, 0.15) is 11.5 Å². The first-order valence-corrected chi connectivity index (χ1v) is 4.92. The van der Waals surface area contributed by atoms with E-state index in [1.165, 1.54) is 10.5 Å². The maximum absolute atomic E-state index is 11.7. The molecule has 0 bridgehead atoms.